The standard InChI is InChI=1S/C25H23N5O6S3.C23H22N6O6S3/c1-35-19-11-5-6-12-20(19)36-18-10-4-3-9-16(18)28-22(31)23(32)30-25-29-17(15-27-39(2,33)34)24(38-25)37-21-13-7-8-14-26-21;1-34-17-9-5-6-10-18(17)35-16-8-4-3-7-14(16)27-19(30)20(31)29-23-28-15(13-26-38(2,32)33)21(37-23)36-22-24-11-12-25-22/h3-14,27H,15H2,1-2H3,(H,28,31)(H,29,30,32);3-12,26H,13H2,1-2H3,(H,24,25)(H,27,30)(H,28,29,31). The number of hydrogen-bond donors (Lipinski definition) is 7. The van der Waals surface area contributed by atoms with Gasteiger partial charge in [0, 0.05) is 18.6 Å². The van der Waals surface area contributed by atoms with Crippen molar-refractivity contribution >= 4 is 112 Å². The molecule has 0 aliphatic heterocycles. The highest BCUT2D eigenvalue weighted by Crippen LogP contribution is 2.39. The number of hydrogen-bond acceptors (Lipinski definition) is 20. The van der Waals surface area contributed by atoms with E-state index in [-0.39, 0.29) is 34.7 Å². The fourth-order valence-electron chi connectivity index (χ4n) is 6.09. The van der Waals surface area contributed by atoms with E-state index < -0.39 is 43.7 Å². The van der Waals surface area contributed by atoms with E-state index in [0.717, 1.165) is 35.2 Å². The summed E-state index contributed by atoms with van der Waals surface area (Å²) >= 11 is 4.64. The van der Waals surface area contributed by atoms with Gasteiger partial charge >= 0.3 is 23.6 Å². The number of rotatable bonds is 20. The van der Waals surface area contributed by atoms with Gasteiger partial charge < -0.3 is 34.6 Å². The SMILES string of the molecule is COc1ccccc1Oc1ccccc1NC(=O)C(=O)Nc1nc(CNS(C)(=O)=O)c(Sc2ccccn2)s1.COc1ccccc1Oc1ccccc1NC(=O)C(=O)Nc1nc(CNS(C)(=O)=O)c(Sc2ncc[nH]2)s1. The normalized spacial score (nSPS) is 11.1. The molecule has 0 radical (unpaired) electrons. The third kappa shape index (κ3) is 17.3. The average molecular weight is 1160 g/mol. The summed E-state index contributed by atoms with van der Waals surface area (Å²) in [6.45, 7) is -0.200. The molecular weight excluding hydrogens is 1110 g/mol. The lowest BCUT2D eigenvalue weighted by atomic mass is 10.2. The molecule has 29 heteroatoms. The highest BCUT2D eigenvalue weighted by atomic mass is 32.2. The number of pyridine rings is 1. The van der Waals surface area contributed by atoms with Gasteiger partial charge in [-0.05, 0) is 72.4 Å². The van der Waals surface area contributed by atoms with Crippen LogP contribution in [0, 0.1) is 0 Å². The summed E-state index contributed by atoms with van der Waals surface area (Å²) in [6, 6.07) is 32.7. The van der Waals surface area contributed by atoms with Crippen LogP contribution in [-0.2, 0) is 52.3 Å². The number of methoxy groups -OCH3 is 2. The number of amides is 4. The monoisotopic (exact) mass is 1160 g/mol. The average Bonchev–Trinajstić information content (AvgIpc) is 4.17. The number of aromatic nitrogens is 5. The topological polar surface area (TPSA) is 313 Å². The molecule has 4 heterocycles. The minimum atomic E-state index is -3.49. The van der Waals surface area contributed by atoms with Crippen LogP contribution in [0.15, 0.2) is 152 Å². The smallest absolute Gasteiger partial charge is 0.315 e. The number of thiazole rings is 2. The van der Waals surface area contributed by atoms with Gasteiger partial charge in [-0.15, -0.1) is 0 Å². The molecule has 0 spiro atoms. The molecule has 4 aromatic heterocycles. The predicted molar refractivity (Wildman–Crippen MR) is 292 cm³/mol. The zero-order valence-electron chi connectivity index (χ0n) is 40.8. The van der Waals surface area contributed by atoms with E-state index in [2.05, 4.69) is 55.6 Å². The number of H-pyrrole nitrogens is 1. The highest BCUT2D eigenvalue weighted by Gasteiger charge is 2.23. The van der Waals surface area contributed by atoms with E-state index in [0.29, 0.717) is 64.5 Å². The Morgan fingerprint density at radius 2 is 0.935 bits per heavy atom. The number of benzene rings is 4. The minimum absolute atomic E-state index is 0.0970. The molecule has 0 fully saturated rings. The second-order valence-corrected chi connectivity index (χ2v) is 23.5. The van der Waals surface area contributed by atoms with Crippen molar-refractivity contribution in [1.82, 2.24) is 34.4 Å². The highest BCUT2D eigenvalue weighted by molar-refractivity contribution is 8.01. The predicted octanol–water partition coefficient (Wildman–Crippen LogP) is 7.56. The van der Waals surface area contributed by atoms with Crippen LogP contribution in [0.25, 0.3) is 0 Å². The van der Waals surface area contributed by atoms with E-state index in [1.54, 1.807) is 128 Å². The summed E-state index contributed by atoms with van der Waals surface area (Å²) < 4.78 is 74.7. The van der Waals surface area contributed by atoms with Gasteiger partial charge in [0.1, 0.15) is 5.03 Å². The van der Waals surface area contributed by atoms with Crippen molar-refractivity contribution in [3.63, 3.8) is 0 Å². The molecule has 23 nitrogen and oxygen atoms in total. The van der Waals surface area contributed by atoms with Crippen molar-refractivity contribution in [2.75, 3.05) is 48.0 Å². The number of sulfonamides is 2. The number of anilines is 4. The molecule has 400 valence electrons. The molecule has 0 bridgehead atoms. The molecule has 4 aromatic carbocycles. The molecule has 8 aromatic rings. The first-order valence-electron chi connectivity index (χ1n) is 22.1. The van der Waals surface area contributed by atoms with Crippen molar-refractivity contribution in [1.29, 1.82) is 0 Å². The number of nitrogens with zero attached hydrogens (tertiary/aromatic N) is 4. The van der Waals surface area contributed by atoms with Crippen LogP contribution < -0.4 is 49.7 Å². The van der Waals surface area contributed by atoms with E-state index in [9.17, 15) is 36.0 Å². The number of nitrogens with one attached hydrogen (secondary N) is 7. The Morgan fingerprint density at radius 1 is 0.519 bits per heavy atom. The van der Waals surface area contributed by atoms with Gasteiger partial charge in [-0.1, -0.05) is 89.0 Å². The first kappa shape index (κ1) is 56.8. The molecular formula is C48H45N11O12S6. The lowest BCUT2D eigenvalue weighted by Gasteiger charge is -2.13. The van der Waals surface area contributed by atoms with Gasteiger partial charge in [-0.2, -0.15) is 0 Å². The third-order valence-electron chi connectivity index (χ3n) is 9.53. The van der Waals surface area contributed by atoms with Crippen LogP contribution >= 0.6 is 46.2 Å². The van der Waals surface area contributed by atoms with Crippen molar-refractivity contribution in [3.05, 3.63) is 145 Å². The Morgan fingerprint density at radius 3 is 1.35 bits per heavy atom. The van der Waals surface area contributed by atoms with Crippen LogP contribution in [0.3, 0.4) is 0 Å². The maximum atomic E-state index is 12.8. The lowest BCUT2D eigenvalue weighted by Crippen LogP contribution is -2.29. The largest absolute Gasteiger partial charge is 0.493 e. The Balaban J connectivity index is 0.000000224. The van der Waals surface area contributed by atoms with Crippen LogP contribution in [0.1, 0.15) is 11.4 Å². The summed E-state index contributed by atoms with van der Waals surface area (Å²) in [7, 11) is -3.94. The Bertz CT molecular complexity index is 3590. The summed E-state index contributed by atoms with van der Waals surface area (Å²) in [5, 5.41) is 11.5. The molecule has 0 saturated carbocycles. The van der Waals surface area contributed by atoms with E-state index in [1.807, 2.05) is 6.07 Å². The van der Waals surface area contributed by atoms with Gasteiger partial charge in [0.25, 0.3) is 0 Å². The van der Waals surface area contributed by atoms with Gasteiger partial charge in [-0.3, -0.25) is 29.8 Å². The molecule has 0 unspecified atom stereocenters. The summed E-state index contributed by atoms with van der Waals surface area (Å²) in [4.78, 5) is 70.8. The number of carbonyl (C=O) groups is 4. The first-order valence-corrected chi connectivity index (χ1v) is 29.2. The maximum absolute atomic E-state index is 12.8. The Kier molecular flexibility index (Phi) is 19.7. The van der Waals surface area contributed by atoms with Crippen LogP contribution in [-0.4, -0.2) is 92.1 Å². The van der Waals surface area contributed by atoms with Crippen molar-refractivity contribution < 1.29 is 55.0 Å². The van der Waals surface area contributed by atoms with Gasteiger partial charge in [0.05, 0.1) is 71.0 Å². The number of aromatic amines is 1. The third-order valence-corrected chi connectivity index (χ3v) is 15.2. The quantitative estimate of drug-likeness (QED) is 0.0362. The molecule has 77 heavy (non-hydrogen) atoms. The number of imidazole rings is 1. The maximum Gasteiger partial charge on any atom is 0.315 e. The van der Waals surface area contributed by atoms with Crippen LogP contribution in [0.5, 0.6) is 34.5 Å². The van der Waals surface area contributed by atoms with Crippen LogP contribution in [0.4, 0.5) is 21.6 Å². The Hall–Kier alpha value is -7.90. The zero-order valence-corrected chi connectivity index (χ0v) is 45.7. The van der Waals surface area contributed by atoms with Gasteiger partial charge in [0.2, 0.25) is 20.0 Å². The van der Waals surface area contributed by atoms with Gasteiger partial charge in [0.15, 0.2) is 49.9 Å². The number of carbonyl (C=O) groups excluding carboxylic acids is 4. The van der Waals surface area contributed by atoms with Gasteiger partial charge in [-0.25, -0.2) is 46.2 Å². The molecule has 4 amide bonds. The molecule has 0 aliphatic rings. The van der Waals surface area contributed by atoms with Crippen LogP contribution in [0.2, 0.25) is 0 Å². The van der Waals surface area contributed by atoms with E-state index >= 15 is 0 Å². The van der Waals surface area contributed by atoms with E-state index in [4.69, 9.17) is 18.9 Å². The molecule has 0 saturated heterocycles. The van der Waals surface area contributed by atoms with Crippen molar-refractivity contribution in [3.8, 4) is 34.5 Å². The lowest BCUT2D eigenvalue weighted by molar-refractivity contribution is -0.133. The minimum Gasteiger partial charge on any atom is -0.493 e. The fourth-order valence-corrected chi connectivity index (χ4v) is 10.9. The summed E-state index contributed by atoms with van der Waals surface area (Å²) in [5.41, 5.74) is 1.29. The molecule has 7 N–H and O–H groups in total. The molecule has 0 atom stereocenters. The van der Waals surface area contributed by atoms with E-state index in [1.165, 1.54) is 37.7 Å². The molecule has 8 rings (SSSR count). The van der Waals surface area contributed by atoms with Crippen molar-refractivity contribution in [2.45, 2.75) is 31.7 Å². The number of para-hydroxylation sites is 8. The summed E-state index contributed by atoms with van der Waals surface area (Å²) in [5.74, 6) is -1.36. The first-order chi connectivity index (χ1) is 36.9. The fraction of sp³-hybridized carbons (Fsp3) is 0.125. The summed E-state index contributed by atoms with van der Waals surface area (Å²) in [6.07, 6.45) is 6.90. The number of ether oxygens (including phenoxy) is 4. The second kappa shape index (κ2) is 26.7. The second-order valence-electron chi connectivity index (χ2n) is 15.3. The van der Waals surface area contributed by atoms with Crippen molar-refractivity contribution in [2.24, 2.45) is 0 Å². The molecule has 0 aliphatic carbocycles. The zero-order chi connectivity index (χ0) is 55.0. The Labute approximate surface area is 457 Å².